The first-order valence-electron chi connectivity index (χ1n) is 28.9. The van der Waals surface area contributed by atoms with Gasteiger partial charge in [0.25, 0.3) is 0 Å². The van der Waals surface area contributed by atoms with Crippen molar-refractivity contribution in [2.45, 2.75) is 298 Å². The van der Waals surface area contributed by atoms with E-state index in [1.54, 1.807) is 0 Å². The summed E-state index contributed by atoms with van der Waals surface area (Å²) in [6.07, 6.45) is 0.489. The number of phosphoric ester groups is 1. The van der Waals surface area contributed by atoms with E-state index in [0.717, 1.165) is 44.9 Å². The summed E-state index contributed by atoms with van der Waals surface area (Å²) < 4.78 is 59.6. The smallest absolute Gasteiger partial charge is 0.394 e. The molecule has 0 aromatic heterocycles. The molecular weight excluding hydrogens is 1000 g/mol. The molecule has 0 amide bonds. The quantitative estimate of drug-likeness (QED) is 0.0299. The Morgan fingerprint density at radius 3 is 1.11 bits per heavy atom. The van der Waals surface area contributed by atoms with Crippen LogP contribution < -0.4 is 0 Å². The van der Waals surface area contributed by atoms with Crippen LogP contribution in [0.5, 0.6) is 0 Å². The predicted molar refractivity (Wildman–Crippen MR) is 277 cm³/mol. The van der Waals surface area contributed by atoms with Crippen molar-refractivity contribution in [1.82, 2.24) is 0 Å². The van der Waals surface area contributed by atoms with Gasteiger partial charge in [-0.3, -0.25) is 9.05 Å². The molecule has 3 aliphatic rings. The summed E-state index contributed by atoms with van der Waals surface area (Å²) in [5.41, 5.74) is 0. The molecule has 2 saturated heterocycles. The Kier molecular flexibility index (Phi) is 36.4. The maximum Gasteiger partial charge on any atom is 0.472 e. The molecule has 2 heterocycles. The van der Waals surface area contributed by atoms with Gasteiger partial charge in [0.2, 0.25) is 0 Å². The molecule has 18 atom stereocenters. The Morgan fingerprint density at radius 1 is 0.413 bits per heavy atom. The lowest BCUT2D eigenvalue weighted by Gasteiger charge is -2.49. The van der Waals surface area contributed by atoms with E-state index in [1.807, 2.05) is 0 Å². The van der Waals surface area contributed by atoms with Gasteiger partial charge in [0.05, 0.1) is 26.4 Å². The lowest BCUT2D eigenvalue weighted by molar-refractivity contribution is -0.360. The maximum atomic E-state index is 14.0. The number of aliphatic hydroxyl groups is 11. The minimum absolute atomic E-state index is 0.00418. The van der Waals surface area contributed by atoms with Crippen LogP contribution in [-0.2, 0) is 42.0 Å². The monoisotopic (exact) mass is 1110 g/mol. The van der Waals surface area contributed by atoms with Crippen LogP contribution in [0.1, 0.15) is 194 Å². The van der Waals surface area contributed by atoms with Gasteiger partial charge in [0, 0.05) is 13.2 Å². The molecular formula is C53H103O21P. The molecule has 0 bridgehead atoms. The van der Waals surface area contributed by atoms with Crippen LogP contribution in [0.4, 0.5) is 0 Å². The standard InChI is InChI=1S/C53H103O21P/c1-3-5-7-9-11-13-15-17-19-21-23-25-27-29-31-67-35-37(68-32-30-28-26-24-22-20-18-16-14-12-10-8-6-4-2)36-69-75(65,66)74-51-49(72-52-47(63)42(58)40(56)38(33-54)70-52)45(61)44(60)46(62)50(51)73-53-48(64)43(59)41(57)39(34-55)71-53/h37-64H,3-36H2,1-2H3,(H,65,66)/t37-,38?,39?,40-,41-,42+,43?,44?,45?,46+,47?,48-,49?,50?,51?,52-,53-/m1/s1. The van der Waals surface area contributed by atoms with Gasteiger partial charge in [-0.1, -0.05) is 181 Å². The van der Waals surface area contributed by atoms with Crippen molar-refractivity contribution >= 4 is 7.82 Å². The highest BCUT2D eigenvalue weighted by Gasteiger charge is 2.58. The Morgan fingerprint density at radius 2 is 0.747 bits per heavy atom. The zero-order valence-corrected chi connectivity index (χ0v) is 46.2. The molecule has 3 rings (SSSR count). The van der Waals surface area contributed by atoms with Crippen molar-refractivity contribution in [3.63, 3.8) is 0 Å². The Balaban J connectivity index is 1.66. The second-order valence-electron chi connectivity index (χ2n) is 21.2. The van der Waals surface area contributed by atoms with E-state index in [0.29, 0.717) is 19.6 Å². The Hall–Kier alpha value is -0.570. The molecule has 10 unspecified atom stereocenters. The molecule has 75 heavy (non-hydrogen) atoms. The molecule has 1 saturated carbocycles. The molecule has 0 aromatic carbocycles. The number of hydrogen-bond acceptors (Lipinski definition) is 20. The second kappa shape index (κ2) is 39.8. The first-order chi connectivity index (χ1) is 36.1. The fourth-order valence-corrected chi connectivity index (χ4v) is 10.9. The Labute approximate surface area is 447 Å². The van der Waals surface area contributed by atoms with Crippen LogP contribution in [-0.4, -0.2) is 205 Å². The molecule has 21 nitrogen and oxygen atoms in total. The normalized spacial score (nSPS) is 32.7. The van der Waals surface area contributed by atoms with Crippen molar-refractivity contribution in [3.05, 3.63) is 0 Å². The van der Waals surface area contributed by atoms with Crippen LogP contribution in [0.25, 0.3) is 0 Å². The summed E-state index contributed by atoms with van der Waals surface area (Å²) in [5.74, 6) is 0. The van der Waals surface area contributed by atoms with Gasteiger partial charge in [-0.15, -0.1) is 0 Å². The molecule has 12 N–H and O–H groups in total. The molecule has 1 aliphatic carbocycles. The highest BCUT2D eigenvalue weighted by atomic mass is 31.2. The zero-order valence-electron chi connectivity index (χ0n) is 45.3. The van der Waals surface area contributed by atoms with Crippen molar-refractivity contribution in [2.24, 2.45) is 0 Å². The van der Waals surface area contributed by atoms with Gasteiger partial charge in [0.1, 0.15) is 91.6 Å². The highest BCUT2D eigenvalue weighted by molar-refractivity contribution is 7.47. The summed E-state index contributed by atoms with van der Waals surface area (Å²) in [6, 6.07) is 0. The Bertz CT molecular complexity index is 1390. The summed E-state index contributed by atoms with van der Waals surface area (Å²) in [5, 5.41) is 117. The molecule has 446 valence electrons. The topological polar surface area (TPSA) is 334 Å². The van der Waals surface area contributed by atoms with E-state index < -0.39 is 132 Å². The fourth-order valence-electron chi connectivity index (χ4n) is 9.94. The van der Waals surface area contributed by atoms with E-state index in [2.05, 4.69) is 13.8 Å². The summed E-state index contributed by atoms with van der Waals surface area (Å²) in [6.45, 7) is 2.86. The van der Waals surface area contributed by atoms with Crippen molar-refractivity contribution in [1.29, 1.82) is 0 Å². The number of hydrogen-bond donors (Lipinski definition) is 12. The SMILES string of the molecule is CCCCCCCCCCCCCCCCOC[C@H](COP(=O)(O)OC1C(O[C@H]2OC(CO)[C@@H](O)[C@H](O)C2O)C(O)C(O)[C@H](O)C1O[C@H]1OC(CO)[C@@H](O)C(O)[C@H]1O)OCCCCCCCCCCCCCCCC. The van der Waals surface area contributed by atoms with E-state index >= 15 is 0 Å². The zero-order chi connectivity index (χ0) is 55.0. The number of rotatable bonds is 44. The first-order valence-corrected chi connectivity index (χ1v) is 30.4. The van der Waals surface area contributed by atoms with Crippen molar-refractivity contribution in [2.75, 3.05) is 39.6 Å². The predicted octanol–water partition coefficient (Wildman–Crippen LogP) is 4.32. The van der Waals surface area contributed by atoms with Crippen molar-refractivity contribution in [3.8, 4) is 0 Å². The summed E-state index contributed by atoms with van der Waals surface area (Å²) in [7, 11) is -5.40. The molecule has 0 aromatic rings. The number of ether oxygens (including phenoxy) is 6. The van der Waals surface area contributed by atoms with Crippen LogP contribution in [0.3, 0.4) is 0 Å². The molecule has 0 spiro atoms. The lowest BCUT2D eigenvalue weighted by atomic mass is 9.84. The second-order valence-corrected chi connectivity index (χ2v) is 22.6. The van der Waals surface area contributed by atoms with E-state index in [-0.39, 0.29) is 6.61 Å². The van der Waals surface area contributed by atoms with Crippen LogP contribution in [0.15, 0.2) is 0 Å². The van der Waals surface area contributed by atoms with Gasteiger partial charge in [-0.2, -0.15) is 0 Å². The van der Waals surface area contributed by atoms with E-state index in [4.69, 9.17) is 37.5 Å². The van der Waals surface area contributed by atoms with Crippen LogP contribution in [0, 0.1) is 0 Å². The van der Waals surface area contributed by atoms with E-state index in [9.17, 15) is 65.6 Å². The van der Waals surface area contributed by atoms with Gasteiger partial charge in [0.15, 0.2) is 12.6 Å². The molecule has 3 fully saturated rings. The average molecular weight is 1110 g/mol. The fraction of sp³-hybridized carbons (Fsp3) is 1.00. The molecule has 22 heteroatoms. The maximum absolute atomic E-state index is 14.0. The third kappa shape index (κ3) is 25.4. The third-order valence-corrected chi connectivity index (χ3v) is 15.8. The minimum Gasteiger partial charge on any atom is -0.394 e. The van der Waals surface area contributed by atoms with Crippen LogP contribution in [0.2, 0.25) is 0 Å². The van der Waals surface area contributed by atoms with Crippen LogP contribution >= 0.6 is 7.82 Å². The lowest BCUT2D eigenvalue weighted by Crippen LogP contribution is -2.69. The molecule has 2 aliphatic heterocycles. The summed E-state index contributed by atoms with van der Waals surface area (Å²) in [4.78, 5) is 11.3. The molecule has 0 radical (unpaired) electrons. The number of phosphoric acid groups is 1. The minimum atomic E-state index is -5.40. The number of aliphatic hydroxyl groups excluding tert-OH is 11. The highest BCUT2D eigenvalue weighted by Crippen LogP contribution is 2.49. The van der Waals surface area contributed by atoms with E-state index in [1.165, 1.54) is 128 Å². The van der Waals surface area contributed by atoms with Gasteiger partial charge in [-0.05, 0) is 12.8 Å². The first kappa shape index (κ1) is 68.7. The summed E-state index contributed by atoms with van der Waals surface area (Å²) >= 11 is 0. The van der Waals surface area contributed by atoms with Gasteiger partial charge >= 0.3 is 7.82 Å². The average Bonchev–Trinajstić information content (AvgIpc) is 3.40. The largest absolute Gasteiger partial charge is 0.472 e. The third-order valence-electron chi connectivity index (χ3n) is 14.8. The van der Waals surface area contributed by atoms with Crippen molar-refractivity contribution < 1.29 is 103 Å². The van der Waals surface area contributed by atoms with Gasteiger partial charge in [-0.25, -0.2) is 4.57 Å². The van der Waals surface area contributed by atoms with Gasteiger partial charge < -0.3 is 89.5 Å². The number of unbranched alkanes of at least 4 members (excludes halogenated alkanes) is 26.